The van der Waals surface area contributed by atoms with E-state index in [4.69, 9.17) is 87.9 Å². The molecule has 1 aromatic carbocycles. The normalized spacial score (nSPS) is 15.8. The van der Waals surface area contributed by atoms with E-state index < -0.39 is 32.9 Å². The van der Waals surface area contributed by atoms with Gasteiger partial charge in [-0.1, -0.05) is 27.1 Å². The van der Waals surface area contributed by atoms with Gasteiger partial charge in [-0.15, -0.1) is 0 Å². The van der Waals surface area contributed by atoms with Crippen LogP contribution < -0.4 is 4.74 Å². The molecular formula is C24H27B10N3O4. The molecule has 0 atom stereocenters. The van der Waals surface area contributed by atoms with Crippen molar-refractivity contribution in [2.75, 3.05) is 20.2 Å². The molecule has 7 nitrogen and oxygen atoms in total. The molecule has 3 rings (SSSR count). The number of nitrogens with zero attached hydrogens (tertiary/aromatic N) is 2. The number of piperidine rings is 1. The van der Waals surface area contributed by atoms with Crippen molar-refractivity contribution in [3.63, 3.8) is 0 Å². The van der Waals surface area contributed by atoms with Crippen molar-refractivity contribution < 1.29 is 19.1 Å². The van der Waals surface area contributed by atoms with Crippen LogP contribution >= 0.6 is 0 Å². The largest absolute Gasteiger partial charge is 0.426 e. The van der Waals surface area contributed by atoms with Crippen molar-refractivity contribution in [1.29, 1.82) is 0 Å². The molecule has 0 aliphatic carbocycles. The second-order valence-corrected chi connectivity index (χ2v) is 11.3. The molecule has 2 heterocycles. The lowest BCUT2D eigenvalue weighted by molar-refractivity contribution is -0.141. The Kier molecular flexibility index (Phi) is 11.1. The molecule has 1 saturated heterocycles. The minimum atomic E-state index is -2.43. The van der Waals surface area contributed by atoms with E-state index in [9.17, 15) is 9.59 Å². The van der Waals surface area contributed by atoms with Crippen molar-refractivity contribution in [3.8, 4) is 5.75 Å². The molecular weight excluding hydrogens is 502 g/mol. The number of aromatic amines is 1. The number of carbonyl (C=O) groups is 2. The molecule has 1 aliphatic rings. The van der Waals surface area contributed by atoms with E-state index in [-0.39, 0.29) is 16.9 Å². The van der Waals surface area contributed by atoms with E-state index >= 15 is 0 Å². The van der Waals surface area contributed by atoms with Crippen molar-refractivity contribution in [1.82, 2.24) is 14.8 Å². The molecule has 1 amide bonds. The Balaban J connectivity index is 0.000000883. The first-order valence-corrected chi connectivity index (χ1v) is 12.8. The number of benzene rings is 1. The zero-order valence-corrected chi connectivity index (χ0v) is 24.1. The second kappa shape index (κ2) is 12.9. The first kappa shape index (κ1) is 35.5. The van der Waals surface area contributed by atoms with Crippen molar-refractivity contribution in [3.05, 3.63) is 30.0 Å². The summed E-state index contributed by atoms with van der Waals surface area (Å²) in [5.74, 6) is -0.733. The number of methoxy groups -OCH3 is 1. The van der Waals surface area contributed by atoms with Gasteiger partial charge in [0.1, 0.15) is 5.75 Å². The topological polar surface area (TPSA) is 74.9 Å². The van der Waals surface area contributed by atoms with Gasteiger partial charge in [-0.25, -0.2) is 0 Å². The molecule has 1 fully saturated rings. The third-order valence-corrected chi connectivity index (χ3v) is 6.76. The van der Waals surface area contributed by atoms with Crippen LogP contribution in [-0.2, 0) is 19.5 Å². The maximum Gasteiger partial charge on any atom is 0.314 e. The standard InChI is InChI=1S/C19H15B10N3O3.C5H12O/c20-16(21,17(22,23)32(18(24,25)26)19(27,28)29)11-8-30-12-2-1-3-13(14(11)12)35-15(34)10-4-6-31(9-33)7-5-10;1-5(2,3)6-4/h1-3,8-10,30H,4-7H2;1-4H3. The van der Waals surface area contributed by atoms with Gasteiger partial charge in [-0.3, -0.25) is 9.59 Å². The smallest absolute Gasteiger partial charge is 0.314 e. The van der Waals surface area contributed by atoms with Crippen LogP contribution in [0.3, 0.4) is 0 Å². The summed E-state index contributed by atoms with van der Waals surface area (Å²) in [5.41, 5.74) is 0.651. The maximum atomic E-state index is 12.9. The summed E-state index contributed by atoms with van der Waals surface area (Å²) in [6, 6.07) is 4.91. The predicted molar refractivity (Wildman–Crippen MR) is 170 cm³/mol. The lowest BCUT2D eigenvalue weighted by Gasteiger charge is -2.64. The number of aromatic nitrogens is 1. The zero-order chi connectivity index (χ0) is 31.6. The first-order chi connectivity index (χ1) is 18.6. The van der Waals surface area contributed by atoms with E-state index in [1.807, 2.05) is 20.8 Å². The summed E-state index contributed by atoms with van der Waals surface area (Å²) in [6.45, 7) is 6.97. The van der Waals surface area contributed by atoms with Crippen LogP contribution in [-0.4, -0.2) is 147 Å². The zero-order valence-electron chi connectivity index (χ0n) is 24.1. The van der Waals surface area contributed by atoms with Gasteiger partial charge in [-0.2, -0.15) is 0 Å². The SMILES string of the molecule is COC(C)(C)C.[B]C([B])([B])N(C([B])([B])[B])C([B])([B])C([B])([B])c1c[nH]c2cccc(OC(=O)C3CCN(C=O)CC3)c12. The Labute approximate surface area is 257 Å². The number of ether oxygens (including phenoxy) is 2. The summed E-state index contributed by atoms with van der Waals surface area (Å²) in [5, 5.41) is -9.02. The molecule has 192 valence electrons. The molecule has 41 heavy (non-hydrogen) atoms. The highest BCUT2D eigenvalue weighted by atomic mass is 16.5. The Hall–Kier alpha value is -1.73. The first-order valence-electron chi connectivity index (χ1n) is 12.8. The molecule has 1 N–H and O–H groups in total. The molecule has 20 radical (unpaired) electrons. The third kappa shape index (κ3) is 8.43. The van der Waals surface area contributed by atoms with Crippen LogP contribution in [0.4, 0.5) is 0 Å². The van der Waals surface area contributed by atoms with Crippen molar-refractivity contribution in [2.24, 2.45) is 5.92 Å². The molecule has 0 spiro atoms. The highest BCUT2D eigenvalue weighted by Crippen LogP contribution is 2.41. The van der Waals surface area contributed by atoms with Gasteiger partial charge in [0.2, 0.25) is 6.41 Å². The van der Waals surface area contributed by atoms with E-state index in [0.717, 1.165) is 6.41 Å². The van der Waals surface area contributed by atoms with Crippen LogP contribution in [0.5, 0.6) is 5.75 Å². The Bertz CT molecular complexity index is 1180. The number of H-pyrrole nitrogens is 1. The number of rotatable bonds is 8. The summed E-state index contributed by atoms with van der Waals surface area (Å²) in [7, 11) is 61.9. The van der Waals surface area contributed by atoms with Gasteiger partial charge in [0.25, 0.3) is 0 Å². The highest BCUT2D eigenvalue weighted by molar-refractivity contribution is 6.65. The maximum absolute atomic E-state index is 12.9. The minimum absolute atomic E-state index is 0.0417. The molecule has 1 aromatic heterocycles. The minimum Gasteiger partial charge on any atom is -0.426 e. The Morgan fingerprint density at radius 2 is 1.49 bits per heavy atom. The molecule has 0 bridgehead atoms. The van der Waals surface area contributed by atoms with Gasteiger partial charge in [-0.05, 0) is 51.3 Å². The van der Waals surface area contributed by atoms with Crippen LogP contribution in [0.15, 0.2) is 24.4 Å². The molecule has 0 saturated carbocycles. The van der Waals surface area contributed by atoms with E-state index in [1.54, 1.807) is 30.2 Å². The van der Waals surface area contributed by atoms with E-state index in [1.165, 1.54) is 6.20 Å². The third-order valence-electron chi connectivity index (χ3n) is 6.76. The summed E-state index contributed by atoms with van der Waals surface area (Å²) in [6.07, 6.45) is 3.11. The van der Waals surface area contributed by atoms with Crippen LogP contribution in [0.2, 0.25) is 0 Å². The van der Waals surface area contributed by atoms with Gasteiger partial charge in [0.15, 0.2) is 0 Å². The number of hydrogen-bond donors (Lipinski definition) is 1. The van der Waals surface area contributed by atoms with Crippen molar-refractivity contribution >= 4 is 102 Å². The summed E-state index contributed by atoms with van der Waals surface area (Å²) >= 11 is 0. The quantitative estimate of drug-likeness (QED) is 0.193. The average molecular weight is 530 g/mol. The molecule has 2 aromatic rings. The Morgan fingerprint density at radius 1 is 0.976 bits per heavy atom. The number of carbonyl (C=O) groups excluding carboxylic acids is 2. The second-order valence-electron chi connectivity index (χ2n) is 11.3. The number of fused-ring (bicyclic) bond motifs is 1. The molecule has 0 unspecified atom stereocenters. The fourth-order valence-corrected chi connectivity index (χ4v) is 4.37. The predicted octanol–water partition coefficient (Wildman–Crippen LogP) is -1.61. The van der Waals surface area contributed by atoms with E-state index in [2.05, 4.69) is 4.98 Å². The monoisotopic (exact) mass is 531 g/mol. The van der Waals surface area contributed by atoms with Gasteiger partial charge < -0.3 is 24.3 Å². The summed E-state index contributed by atoms with van der Waals surface area (Å²) < 4.78 is 10.7. The van der Waals surface area contributed by atoms with E-state index in [0.29, 0.717) is 41.7 Å². The van der Waals surface area contributed by atoms with Crippen LogP contribution in [0, 0.1) is 5.92 Å². The van der Waals surface area contributed by atoms with Crippen molar-refractivity contribution in [2.45, 2.75) is 60.2 Å². The lowest BCUT2D eigenvalue weighted by atomic mass is 9.27. The Morgan fingerprint density at radius 3 is 1.93 bits per heavy atom. The van der Waals surface area contributed by atoms with Crippen LogP contribution in [0.25, 0.3) is 10.9 Å². The van der Waals surface area contributed by atoms with Gasteiger partial charge in [0, 0.05) is 37.3 Å². The fraction of sp³-hybridized carbons (Fsp3) is 0.583. The lowest BCUT2D eigenvalue weighted by Crippen LogP contribution is -2.78. The molecule has 1 aliphatic heterocycles. The summed E-state index contributed by atoms with van der Waals surface area (Å²) in [4.78, 5) is 29.0. The average Bonchev–Trinajstić information content (AvgIpc) is 3.28. The molecule has 17 heteroatoms. The van der Waals surface area contributed by atoms with Gasteiger partial charge in [0.05, 0.1) is 90.0 Å². The number of likely N-dealkylation sites (tertiary alicyclic amines) is 1. The number of hydrogen-bond acceptors (Lipinski definition) is 5. The van der Waals surface area contributed by atoms with Gasteiger partial charge >= 0.3 is 5.97 Å². The van der Waals surface area contributed by atoms with Crippen LogP contribution in [0.1, 0.15) is 39.2 Å². The number of nitrogens with one attached hydrogen (secondary N) is 1. The fourth-order valence-electron chi connectivity index (χ4n) is 4.37. The highest BCUT2D eigenvalue weighted by Gasteiger charge is 2.48. The number of amides is 1. The number of esters is 1.